The summed E-state index contributed by atoms with van der Waals surface area (Å²) < 4.78 is 2.38. The van der Waals surface area contributed by atoms with Crippen LogP contribution in [0.5, 0.6) is 0 Å². The third-order valence-corrected chi connectivity index (χ3v) is 6.84. The first-order valence-electron chi connectivity index (χ1n) is 6.37. The number of hydrogen-bond donors (Lipinski definition) is 1. The molecule has 0 bridgehead atoms. The molecular weight excluding hydrogens is 376 g/mol. The lowest BCUT2D eigenvalue weighted by Gasteiger charge is -2.25. The highest BCUT2D eigenvalue weighted by Gasteiger charge is 2.34. The zero-order valence-corrected chi connectivity index (χ0v) is 15.0. The monoisotopic (exact) mass is 394 g/mol. The summed E-state index contributed by atoms with van der Waals surface area (Å²) in [6, 6.07) is 3.39. The van der Waals surface area contributed by atoms with Gasteiger partial charge >= 0.3 is 0 Å². The number of hydrogen-bond acceptors (Lipinski definition) is 3. The van der Waals surface area contributed by atoms with E-state index >= 15 is 0 Å². The van der Waals surface area contributed by atoms with E-state index in [1.54, 1.807) is 0 Å². The standard InChI is InChI=1S/C13H20Br2N2S/c1-8(2)16-7-9-4-5-17(3)12(9)11-6-10(14)13(15)18-11/h6,8-9,12,16H,4-5,7H2,1-3H3. The number of nitrogens with zero attached hydrogens (tertiary/aromatic N) is 1. The summed E-state index contributed by atoms with van der Waals surface area (Å²) in [4.78, 5) is 3.95. The van der Waals surface area contributed by atoms with Crippen LogP contribution in [0.4, 0.5) is 0 Å². The lowest BCUT2D eigenvalue weighted by atomic mass is 9.99. The van der Waals surface area contributed by atoms with Gasteiger partial charge < -0.3 is 5.32 Å². The van der Waals surface area contributed by atoms with Crippen LogP contribution in [-0.4, -0.2) is 31.1 Å². The van der Waals surface area contributed by atoms with Crippen LogP contribution < -0.4 is 5.32 Å². The number of thiophene rings is 1. The Hall–Kier alpha value is 0.580. The van der Waals surface area contributed by atoms with Gasteiger partial charge in [-0.1, -0.05) is 13.8 Å². The summed E-state index contributed by atoms with van der Waals surface area (Å²) in [5, 5.41) is 3.58. The lowest BCUT2D eigenvalue weighted by Crippen LogP contribution is -2.31. The Labute approximate surface area is 130 Å². The molecule has 2 atom stereocenters. The predicted molar refractivity (Wildman–Crippen MR) is 86.3 cm³/mol. The zero-order chi connectivity index (χ0) is 13.3. The molecule has 0 spiro atoms. The summed E-state index contributed by atoms with van der Waals surface area (Å²) in [6.07, 6.45) is 1.29. The third-order valence-electron chi connectivity index (χ3n) is 3.52. The third kappa shape index (κ3) is 3.37. The minimum absolute atomic E-state index is 0.559. The van der Waals surface area contributed by atoms with E-state index < -0.39 is 0 Å². The van der Waals surface area contributed by atoms with Crippen LogP contribution in [0.1, 0.15) is 31.2 Å². The Morgan fingerprint density at radius 1 is 1.50 bits per heavy atom. The topological polar surface area (TPSA) is 15.3 Å². The number of likely N-dealkylation sites (tertiary alicyclic amines) is 1. The van der Waals surface area contributed by atoms with Crippen LogP contribution in [-0.2, 0) is 0 Å². The average molecular weight is 396 g/mol. The first-order chi connectivity index (χ1) is 8.49. The molecule has 2 unspecified atom stereocenters. The van der Waals surface area contributed by atoms with Gasteiger partial charge in [0, 0.05) is 28.0 Å². The summed E-state index contributed by atoms with van der Waals surface area (Å²) in [7, 11) is 2.24. The average Bonchev–Trinajstić information content (AvgIpc) is 2.80. The van der Waals surface area contributed by atoms with Crippen molar-refractivity contribution in [2.75, 3.05) is 20.1 Å². The van der Waals surface area contributed by atoms with E-state index in [0.29, 0.717) is 12.1 Å². The second kappa shape index (κ2) is 6.35. The molecule has 1 aliphatic rings. The van der Waals surface area contributed by atoms with E-state index in [0.717, 1.165) is 12.5 Å². The van der Waals surface area contributed by atoms with Crippen molar-refractivity contribution >= 4 is 43.2 Å². The molecule has 0 aliphatic carbocycles. The summed E-state index contributed by atoms with van der Waals surface area (Å²) in [6.45, 7) is 6.74. The van der Waals surface area contributed by atoms with Crippen molar-refractivity contribution in [3.05, 3.63) is 19.2 Å². The van der Waals surface area contributed by atoms with Crippen LogP contribution >= 0.6 is 43.2 Å². The minimum Gasteiger partial charge on any atom is -0.314 e. The van der Waals surface area contributed by atoms with Gasteiger partial charge in [-0.05, 0) is 63.9 Å². The molecule has 0 aromatic carbocycles. The molecule has 5 heteroatoms. The fourth-order valence-electron chi connectivity index (χ4n) is 2.59. The quantitative estimate of drug-likeness (QED) is 0.818. The van der Waals surface area contributed by atoms with E-state index in [2.05, 4.69) is 69.0 Å². The Balaban J connectivity index is 2.12. The van der Waals surface area contributed by atoms with Crippen LogP contribution in [0.2, 0.25) is 0 Å². The molecule has 102 valence electrons. The van der Waals surface area contributed by atoms with E-state index in [1.165, 1.54) is 26.1 Å². The molecule has 1 fully saturated rings. The van der Waals surface area contributed by atoms with E-state index in [-0.39, 0.29) is 0 Å². The van der Waals surface area contributed by atoms with Gasteiger partial charge in [0.2, 0.25) is 0 Å². The zero-order valence-electron chi connectivity index (χ0n) is 11.0. The van der Waals surface area contributed by atoms with Crippen molar-refractivity contribution < 1.29 is 0 Å². The molecule has 1 saturated heterocycles. The number of rotatable bonds is 4. The molecule has 0 saturated carbocycles. The first kappa shape index (κ1) is 15.0. The van der Waals surface area contributed by atoms with Crippen molar-refractivity contribution in [1.82, 2.24) is 10.2 Å². The Morgan fingerprint density at radius 3 is 2.78 bits per heavy atom. The molecule has 1 N–H and O–H groups in total. The maximum absolute atomic E-state index is 3.60. The van der Waals surface area contributed by atoms with Crippen LogP contribution in [0.3, 0.4) is 0 Å². The second-order valence-corrected chi connectivity index (χ2v) is 8.56. The lowest BCUT2D eigenvalue weighted by molar-refractivity contribution is 0.273. The van der Waals surface area contributed by atoms with Gasteiger partial charge in [0.25, 0.3) is 0 Å². The Bertz CT molecular complexity index is 386. The first-order valence-corrected chi connectivity index (χ1v) is 8.77. The molecule has 1 aliphatic heterocycles. The molecule has 2 nitrogen and oxygen atoms in total. The van der Waals surface area contributed by atoms with Gasteiger partial charge in [0.1, 0.15) is 0 Å². The molecule has 0 radical (unpaired) electrons. The van der Waals surface area contributed by atoms with Gasteiger partial charge in [-0.25, -0.2) is 0 Å². The smallest absolute Gasteiger partial charge is 0.0843 e. The van der Waals surface area contributed by atoms with Gasteiger partial charge in [-0.2, -0.15) is 0 Å². The fourth-order valence-corrected chi connectivity index (χ4v) is 4.94. The SMILES string of the molecule is CC(C)NCC1CCN(C)C1c1cc(Br)c(Br)s1. The molecule has 1 aromatic heterocycles. The highest BCUT2D eigenvalue weighted by molar-refractivity contribution is 9.13. The highest BCUT2D eigenvalue weighted by atomic mass is 79.9. The summed E-state index contributed by atoms with van der Waals surface area (Å²) in [5.74, 6) is 0.717. The van der Waals surface area contributed by atoms with Gasteiger partial charge in [-0.15, -0.1) is 11.3 Å². The molecule has 2 rings (SSSR count). The van der Waals surface area contributed by atoms with E-state index in [1.807, 2.05) is 11.3 Å². The van der Waals surface area contributed by atoms with Crippen molar-refractivity contribution in [2.45, 2.75) is 32.4 Å². The van der Waals surface area contributed by atoms with Gasteiger partial charge in [0.15, 0.2) is 0 Å². The van der Waals surface area contributed by atoms with Crippen LogP contribution in [0.25, 0.3) is 0 Å². The summed E-state index contributed by atoms with van der Waals surface area (Å²) >= 11 is 9.05. The van der Waals surface area contributed by atoms with Gasteiger partial charge in [-0.3, -0.25) is 4.90 Å². The fraction of sp³-hybridized carbons (Fsp3) is 0.692. The maximum Gasteiger partial charge on any atom is 0.0843 e. The minimum atomic E-state index is 0.559. The highest BCUT2D eigenvalue weighted by Crippen LogP contribution is 2.43. The number of halogens is 2. The van der Waals surface area contributed by atoms with Crippen molar-refractivity contribution in [2.24, 2.45) is 5.92 Å². The summed E-state index contributed by atoms with van der Waals surface area (Å²) in [5.41, 5.74) is 0. The van der Waals surface area contributed by atoms with Gasteiger partial charge in [0.05, 0.1) is 3.79 Å². The van der Waals surface area contributed by atoms with E-state index in [9.17, 15) is 0 Å². The van der Waals surface area contributed by atoms with Crippen molar-refractivity contribution in [1.29, 1.82) is 0 Å². The molecule has 2 heterocycles. The molecule has 18 heavy (non-hydrogen) atoms. The Morgan fingerprint density at radius 2 is 2.22 bits per heavy atom. The molecule has 0 amide bonds. The van der Waals surface area contributed by atoms with Crippen molar-refractivity contribution in [3.8, 4) is 0 Å². The largest absolute Gasteiger partial charge is 0.314 e. The Kier molecular flexibility index (Phi) is 5.29. The van der Waals surface area contributed by atoms with Crippen molar-refractivity contribution in [3.63, 3.8) is 0 Å². The maximum atomic E-state index is 3.60. The van der Waals surface area contributed by atoms with Crippen LogP contribution in [0.15, 0.2) is 14.3 Å². The van der Waals surface area contributed by atoms with Crippen LogP contribution in [0, 0.1) is 5.92 Å². The molecule has 1 aromatic rings. The molecular formula is C13H20Br2N2S. The number of nitrogens with one attached hydrogen (secondary N) is 1. The predicted octanol–water partition coefficient (Wildman–Crippen LogP) is 4.26. The second-order valence-electron chi connectivity index (χ2n) is 5.31. The normalized spacial score (nSPS) is 25.2. The van der Waals surface area contributed by atoms with E-state index in [4.69, 9.17) is 0 Å².